The van der Waals surface area contributed by atoms with Gasteiger partial charge in [0.05, 0.1) is 17.3 Å². The van der Waals surface area contributed by atoms with Crippen molar-refractivity contribution in [2.75, 3.05) is 11.9 Å². The lowest BCUT2D eigenvalue weighted by molar-refractivity contribution is -0.119. The standard InChI is InChI=1S/C12H11N3O2/c1-8-11(16)15(12(17)14(8)2)10-5-3-4-9(6-10)7-13/h3-6,8H,1-2H3. The predicted molar refractivity (Wildman–Crippen MR) is 61.3 cm³/mol. The summed E-state index contributed by atoms with van der Waals surface area (Å²) in [4.78, 5) is 26.3. The maximum Gasteiger partial charge on any atom is 0.331 e. The van der Waals surface area contributed by atoms with Gasteiger partial charge in [0.25, 0.3) is 5.91 Å². The lowest BCUT2D eigenvalue weighted by Gasteiger charge is -2.13. The van der Waals surface area contributed by atoms with E-state index in [1.54, 1.807) is 32.2 Å². The number of urea groups is 1. The van der Waals surface area contributed by atoms with Gasteiger partial charge in [-0.2, -0.15) is 5.26 Å². The van der Waals surface area contributed by atoms with E-state index >= 15 is 0 Å². The van der Waals surface area contributed by atoms with Gasteiger partial charge in [0.15, 0.2) is 0 Å². The average molecular weight is 229 g/mol. The number of anilines is 1. The number of carbonyl (C=O) groups is 2. The zero-order valence-corrected chi connectivity index (χ0v) is 9.54. The van der Waals surface area contributed by atoms with E-state index in [2.05, 4.69) is 0 Å². The Morgan fingerprint density at radius 3 is 2.59 bits per heavy atom. The highest BCUT2D eigenvalue weighted by Gasteiger charge is 2.41. The van der Waals surface area contributed by atoms with Crippen LogP contribution in [0.5, 0.6) is 0 Å². The number of hydrogen-bond donors (Lipinski definition) is 0. The van der Waals surface area contributed by atoms with Crippen molar-refractivity contribution in [1.82, 2.24) is 4.90 Å². The monoisotopic (exact) mass is 229 g/mol. The fourth-order valence-corrected chi connectivity index (χ4v) is 1.72. The number of nitrogens with zero attached hydrogens (tertiary/aromatic N) is 3. The molecule has 1 fully saturated rings. The number of likely N-dealkylation sites (N-methyl/N-ethyl adjacent to an activating group) is 1. The maximum absolute atomic E-state index is 11.9. The fraction of sp³-hybridized carbons (Fsp3) is 0.250. The van der Waals surface area contributed by atoms with Gasteiger partial charge in [0.2, 0.25) is 0 Å². The van der Waals surface area contributed by atoms with Crippen LogP contribution in [0.1, 0.15) is 12.5 Å². The first-order chi connectivity index (χ1) is 8.06. The zero-order chi connectivity index (χ0) is 12.6. The van der Waals surface area contributed by atoms with Crippen molar-refractivity contribution in [2.45, 2.75) is 13.0 Å². The number of nitriles is 1. The lowest BCUT2D eigenvalue weighted by Crippen LogP contribution is -2.31. The highest BCUT2D eigenvalue weighted by atomic mass is 16.2. The van der Waals surface area contributed by atoms with Crippen LogP contribution in [0.2, 0.25) is 0 Å². The Balaban J connectivity index is 2.44. The van der Waals surface area contributed by atoms with Crippen LogP contribution in [-0.2, 0) is 4.79 Å². The van der Waals surface area contributed by atoms with Crippen LogP contribution in [0.3, 0.4) is 0 Å². The van der Waals surface area contributed by atoms with Gasteiger partial charge in [-0.3, -0.25) is 4.79 Å². The number of benzene rings is 1. The number of carbonyl (C=O) groups excluding carboxylic acids is 2. The molecule has 0 N–H and O–H groups in total. The summed E-state index contributed by atoms with van der Waals surface area (Å²) in [5.41, 5.74) is 0.862. The molecule has 17 heavy (non-hydrogen) atoms. The van der Waals surface area contributed by atoms with Crippen LogP contribution in [-0.4, -0.2) is 29.9 Å². The molecule has 1 saturated heterocycles. The van der Waals surface area contributed by atoms with Crippen molar-refractivity contribution >= 4 is 17.6 Å². The van der Waals surface area contributed by atoms with Gasteiger partial charge in [-0.1, -0.05) is 6.07 Å². The first-order valence-electron chi connectivity index (χ1n) is 5.17. The van der Waals surface area contributed by atoms with E-state index in [0.29, 0.717) is 11.3 Å². The Labute approximate surface area is 98.9 Å². The van der Waals surface area contributed by atoms with Gasteiger partial charge in [0, 0.05) is 7.05 Å². The van der Waals surface area contributed by atoms with Crippen LogP contribution in [0.25, 0.3) is 0 Å². The van der Waals surface area contributed by atoms with Crippen molar-refractivity contribution < 1.29 is 9.59 Å². The van der Waals surface area contributed by atoms with Gasteiger partial charge in [0.1, 0.15) is 6.04 Å². The lowest BCUT2D eigenvalue weighted by atomic mass is 10.2. The first-order valence-corrected chi connectivity index (χ1v) is 5.17. The van der Waals surface area contributed by atoms with E-state index < -0.39 is 6.04 Å². The molecule has 0 saturated carbocycles. The second-order valence-corrected chi connectivity index (χ2v) is 3.91. The highest BCUT2D eigenvalue weighted by Crippen LogP contribution is 2.24. The maximum atomic E-state index is 11.9. The summed E-state index contributed by atoms with van der Waals surface area (Å²) in [6.07, 6.45) is 0. The molecule has 3 amide bonds. The molecule has 86 valence electrons. The largest absolute Gasteiger partial charge is 0.331 e. The molecule has 1 aliphatic rings. The summed E-state index contributed by atoms with van der Waals surface area (Å²) in [7, 11) is 1.58. The highest BCUT2D eigenvalue weighted by molar-refractivity contribution is 6.21. The molecule has 1 aliphatic heterocycles. The molecule has 1 aromatic carbocycles. The second kappa shape index (κ2) is 3.91. The number of imide groups is 1. The minimum Gasteiger partial charge on any atom is -0.315 e. The Kier molecular flexibility index (Phi) is 2.56. The van der Waals surface area contributed by atoms with E-state index in [0.717, 1.165) is 4.90 Å². The predicted octanol–water partition coefficient (Wildman–Crippen LogP) is 1.35. The van der Waals surface area contributed by atoms with Gasteiger partial charge in [-0.25, -0.2) is 9.69 Å². The van der Waals surface area contributed by atoms with Gasteiger partial charge >= 0.3 is 6.03 Å². The van der Waals surface area contributed by atoms with Crippen LogP contribution < -0.4 is 4.90 Å². The SMILES string of the molecule is CC1C(=O)N(c2cccc(C#N)c2)C(=O)N1C. The van der Waals surface area contributed by atoms with Crippen LogP contribution >= 0.6 is 0 Å². The molecule has 0 spiro atoms. The van der Waals surface area contributed by atoms with Crippen molar-refractivity contribution in [3.05, 3.63) is 29.8 Å². The van der Waals surface area contributed by atoms with Crippen molar-refractivity contribution in [2.24, 2.45) is 0 Å². The minimum atomic E-state index is -0.465. The van der Waals surface area contributed by atoms with Gasteiger partial charge < -0.3 is 4.90 Å². The molecule has 0 aromatic heterocycles. The summed E-state index contributed by atoms with van der Waals surface area (Å²) in [5.74, 6) is -0.271. The molecule has 1 atom stereocenters. The van der Waals surface area contributed by atoms with Crippen molar-refractivity contribution in [3.8, 4) is 6.07 Å². The summed E-state index contributed by atoms with van der Waals surface area (Å²) in [5, 5.41) is 8.79. The van der Waals surface area contributed by atoms with Crippen LogP contribution in [0, 0.1) is 11.3 Å². The third kappa shape index (κ3) is 1.64. The van der Waals surface area contributed by atoms with Gasteiger partial charge in [-0.05, 0) is 25.1 Å². The Hall–Kier alpha value is -2.35. The van der Waals surface area contributed by atoms with E-state index in [1.807, 2.05) is 6.07 Å². The summed E-state index contributed by atoms with van der Waals surface area (Å²) in [6, 6.07) is 7.60. The molecule has 5 nitrogen and oxygen atoms in total. The summed E-state index contributed by atoms with van der Waals surface area (Å²) in [6.45, 7) is 1.67. The molecule has 5 heteroatoms. The molecule has 1 unspecified atom stereocenters. The van der Waals surface area contributed by atoms with Crippen molar-refractivity contribution in [1.29, 1.82) is 5.26 Å². The molecule has 0 aliphatic carbocycles. The van der Waals surface area contributed by atoms with Crippen LogP contribution in [0.15, 0.2) is 24.3 Å². The Morgan fingerprint density at radius 2 is 2.06 bits per heavy atom. The quantitative estimate of drug-likeness (QED) is 0.683. The smallest absolute Gasteiger partial charge is 0.315 e. The molecule has 1 heterocycles. The second-order valence-electron chi connectivity index (χ2n) is 3.91. The van der Waals surface area contributed by atoms with Crippen LogP contribution in [0.4, 0.5) is 10.5 Å². The van der Waals surface area contributed by atoms with Crippen molar-refractivity contribution in [3.63, 3.8) is 0 Å². The molecule has 0 bridgehead atoms. The summed E-state index contributed by atoms with van der Waals surface area (Å²) >= 11 is 0. The third-order valence-corrected chi connectivity index (χ3v) is 2.89. The average Bonchev–Trinajstić information content (AvgIpc) is 2.54. The van der Waals surface area contributed by atoms with E-state index in [9.17, 15) is 9.59 Å². The molecular formula is C12H11N3O2. The Bertz CT molecular complexity index is 513. The Morgan fingerprint density at radius 1 is 1.35 bits per heavy atom. The normalized spacial score (nSPS) is 19.7. The number of rotatable bonds is 1. The molecule has 2 rings (SSSR count). The van der Waals surface area contributed by atoms with E-state index in [1.165, 1.54) is 11.0 Å². The minimum absolute atomic E-state index is 0.271. The number of hydrogen-bond acceptors (Lipinski definition) is 3. The van der Waals surface area contributed by atoms with Gasteiger partial charge in [-0.15, -0.1) is 0 Å². The topological polar surface area (TPSA) is 64.4 Å². The first kappa shape index (κ1) is 11.1. The third-order valence-electron chi connectivity index (χ3n) is 2.89. The summed E-state index contributed by atoms with van der Waals surface area (Å²) < 4.78 is 0. The van der Waals surface area contributed by atoms with E-state index in [-0.39, 0.29) is 11.9 Å². The number of amides is 3. The molecule has 1 aromatic rings. The molecular weight excluding hydrogens is 218 g/mol. The van der Waals surface area contributed by atoms with E-state index in [4.69, 9.17) is 5.26 Å². The fourth-order valence-electron chi connectivity index (χ4n) is 1.72. The molecule has 0 radical (unpaired) electrons. The zero-order valence-electron chi connectivity index (χ0n) is 9.54.